The van der Waals surface area contributed by atoms with E-state index in [1.807, 2.05) is 122 Å². The number of aryl methyl sites for hydroxylation is 1. The number of pyridine rings is 1. The molecular weight excluding hydrogens is 773 g/mol. The summed E-state index contributed by atoms with van der Waals surface area (Å²) in [6.45, 7) is 16.6. The van der Waals surface area contributed by atoms with Crippen LogP contribution < -0.4 is 10.6 Å². The largest absolute Gasteiger partial charge is 0.379 e. The first-order valence-electron chi connectivity index (χ1n) is 22.2. The first kappa shape index (κ1) is 51.2. The van der Waals surface area contributed by atoms with Gasteiger partial charge in [-0.25, -0.2) is 0 Å². The molecule has 0 aliphatic carbocycles. The van der Waals surface area contributed by atoms with Crippen molar-refractivity contribution in [1.29, 1.82) is 0 Å². The number of aromatic nitrogens is 1. The van der Waals surface area contributed by atoms with Gasteiger partial charge in [0.1, 0.15) is 11.8 Å². The highest BCUT2D eigenvalue weighted by molar-refractivity contribution is 5.90. The van der Waals surface area contributed by atoms with Crippen LogP contribution in [0.5, 0.6) is 0 Å². The first-order valence-corrected chi connectivity index (χ1v) is 22.2. The molecule has 1 aromatic carbocycles. The van der Waals surface area contributed by atoms with Gasteiger partial charge in [-0.15, -0.1) is 0 Å². The average molecular weight is 849 g/mol. The molecule has 61 heavy (non-hydrogen) atoms. The fourth-order valence-corrected chi connectivity index (χ4v) is 8.94. The van der Waals surface area contributed by atoms with Crippen LogP contribution in [0.4, 0.5) is 0 Å². The highest BCUT2D eigenvalue weighted by Crippen LogP contribution is 2.31. The fourth-order valence-electron chi connectivity index (χ4n) is 8.94. The van der Waals surface area contributed by atoms with E-state index < -0.39 is 42.2 Å². The molecule has 1 fully saturated rings. The van der Waals surface area contributed by atoms with E-state index in [-0.39, 0.29) is 66.0 Å². The molecule has 13 nitrogen and oxygen atoms in total. The first-order chi connectivity index (χ1) is 28.9. The lowest BCUT2D eigenvalue weighted by Crippen LogP contribution is -2.59. The van der Waals surface area contributed by atoms with E-state index in [4.69, 9.17) is 9.47 Å². The maximum Gasteiger partial charge on any atom is 0.245 e. The summed E-state index contributed by atoms with van der Waals surface area (Å²) in [6, 6.07) is 11.5. The van der Waals surface area contributed by atoms with E-state index in [1.165, 1.54) is 0 Å². The SMILES string of the molecule is CC[C@H](C)[C@@H]([C@@H](CC(=O)N1CCC[C@H]1[C@H](OC)[C@@H](C)C(=O)C[C@H](Cc1ccccn1)C(=O)NCc1ccc(C)cc1)OC)N(C)C(=O)[C@@H](NC(=O)[C@H](C(C)C)N(C)C)C(C)C. The Morgan fingerprint density at radius 2 is 1.56 bits per heavy atom. The molecule has 9 atom stereocenters. The second kappa shape index (κ2) is 24.4. The van der Waals surface area contributed by atoms with Gasteiger partial charge in [0.05, 0.1) is 42.7 Å². The number of nitrogens with zero attached hydrogens (tertiary/aromatic N) is 4. The number of hydrogen-bond donors (Lipinski definition) is 2. The Morgan fingerprint density at radius 3 is 2.10 bits per heavy atom. The fraction of sp³-hybridized carbons (Fsp3) is 0.667. The summed E-state index contributed by atoms with van der Waals surface area (Å²) in [7, 11) is 8.58. The van der Waals surface area contributed by atoms with Crippen molar-refractivity contribution >= 4 is 29.4 Å². The predicted molar refractivity (Wildman–Crippen MR) is 239 cm³/mol. The number of benzene rings is 1. The van der Waals surface area contributed by atoms with Crippen LogP contribution in [0.25, 0.3) is 0 Å². The molecule has 2 N–H and O–H groups in total. The number of rotatable bonds is 24. The maximum absolute atomic E-state index is 14.4. The summed E-state index contributed by atoms with van der Waals surface area (Å²) in [5, 5.41) is 6.08. The molecule has 2 aromatic rings. The monoisotopic (exact) mass is 849 g/mol. The molecule has 0 radical (unpaired) electrons. The number of carbonyl (C=O) groups is 5. The van der Waals surface area contributed by atoms with Gasteiger partial charge in [-0.2, -0.15) is 0 Å². The van der Waals surface area contributed by atoms with E-state index in [1.54, 1.807) is 32.4 Å². The number of Topliss-reactive ketones (excluding diaryl/α,β-unsaturated/α-hetero) is 1. The number of methoxy groups -OCH3 is 2. The van der Waals surface area contributed by atoms with Crippen LogP contribution in [0.2, 0.25) is 0 Å². The summed E-state index contributed by atoms with van der Waals surface area (Å²) in [6.07, 6.45) is 2.87. The van der Waals surface area contributed by atoms with E-state index in [9.17, 15) is 24.0 Å². The number of ether oxygens (including phenoxy) is 2. The molecule has 0 bridgehead atoms. The zero-order valence-corrected chi connectivity index (χ0v) is 39.3. The van der Waals surface area contributed by atoms with Gasteiger partial charge in [-0.05, 0) is 69.3 Å². The number of hydrogen-bond acceptors (Lipinski definition) is 9. The van der Waals surface area contributed by atoms with Gasteiger partial charge in [0.15, 0.2) is 0 Å². The van der Waals surface area contributed by atoms with Crippen molar-refractivity contribution in [3.8, 4) is 0 Å². The molecule has 4 amide bonds. The molecule has 0 spiro atoms. The van der Waals surface area contributed by atoms with Gasteiger partial charge in [-0.1, -0.05) is 90.8 Å². The number of nitrogens with one attached hydrogen (secondary N) is 2. The lowest BCUT2D eigenvalue weighted by Gasteiger charge is -2.41. The second-order valence-corrected chi connectivity index (χ2v) is 18.1. The molecule has 2 heterocycles. The predicted octanol–water partition coefficient (Wildman–Crippen LogP) is 5.47. The average Bonchev–Trinajstić information content (AvgIpc) is 3.71. The summed E-state index contributed by atoms with van der Waals surface area (Å²) in [5.74, 6) is -2.38. The molecule has 1 saturated heterocycles. The quantitative estimate of drug-likeness (QED) is 0.140. The van der Waals surface area contributed by atoms with Crippen LogP contribution in [0, 0.1) is 36.5 Å². The Morgan fingerprint density at radius 1 is 0.885 bits per heavy atom. The van der Waals surface area contributed by atoms with Crippen LogP contribution in [-0.2, 0) is 46.4 Å². The Kier molecular flexibility index (Phi) is 20.5. The van der Waals surface area contributed by atoms with Crippen molar-refractivity contribution in [2.75, 3.05) is 41.9 Å². The summed E-state index contributed by atoms with van der Waals surface area (Å²) in [5.41, 5.74) is 2.82. The van der Waals surface area contributed by atoms with Crippen LogP contribution in [-0.4, -0.2) is 127 Å². The smallest absolute Gasteiger partial charge is 0.245 e. The van der Waals surface area contributed by atoms with E-state index in [0.717, 1.165) is 29.7 Å². The number of ketones is 1. The molecule has 0 saturated carbocycles. The van der Waals surface area contributed by atoms with Crippen LogP contribution >= 0.6 is 0 Å². The van der Waals surface area contributed by atoms with E-state index in [2.05, 4.69) is 15.6 Å². The summed E-state index contributed by atoms with van der Waals surface area (Å²) in [4.78, 5) is 79.9. The van der Waals surface area contributed by atoms with Crippen molar-refractivity contribution < 1.29 is 33.4 Å². The molecule has 1 aromatic heterocycles. The van der Waals surface area contributed by atoms with Crippen LogP contribution in [0.3, 0.4) is 0 Å². The van der Waals surface area contributed by atoms with Gasteiger partial charge in [0, 0.05) is 65.0 Å². The van der Waals surface area contributed by atoms with Crippen molar-refractivity contribution in [3.05, 3.63) is 65.5 Å². The Labute approximate surface area is 366 Å². The zero-order chi connectivity index (χ0) is 45.6. The summed E-state index contributed by atoms with van der Waals surface area (Å²) < 4.78 is 12.1. The van der Waals surface area contributed by atoms with Crippen molar-refractivity contribution in [2.24, 2.45) is 29.6 Å². The van der Waals surface area contributed by atoms with Gasteiger partial charge < -0.3 is 29.9 Å². The molecule has 1 aliphatic rings. The third-order valence-corrected chi connectivity index (χ3v) is 12.6. The third kappa shape index (κ3) is 14.2. The number of carbonyl (C=O) groups excluding carboxylic acids is 5. The van der Waals surface area contributed by atoms with Gasteiger partial charge in [0.2, 0.25) is 23.6 Å². The number of amides is 4. The van der Waals surface area contributed by atoms with Crippen molar-refractivity contribution in [3.63, 3.8) is 0 Å². The van der Waals surface area contributed by atoms with Gasteiger partial charge in [-0.3, -0.25) is 33.9 Å². The van der Waals surface area contributed by atoms with Gasteiger partial charge in [0.25, 0.3) is 0 Å². The van der Waals surface area contributed by atoms with Gasteiger partial charge >= 0.3 is 0 Å². The Bertz CT molecular complexity index is 1700. The Balaban J connectivity index is 1.79. The van der Waals surface area contributed by atoms with Crippen molar-refractivity contribution in [1.82, 2.24) is 30.3 Å². The zero-order valence-electron chi connectivity index (χ0n) is 39.3. The topological polar surface area (TPSA) is 150 Å². The minimum atomic E-state index is -0.772. The normalized spacial score (nSPS) is 18.2. The van der Waals surface area contributed by atoms with E-state index >= 15 is 0 Å². The molecular formula is C48H76N6O7. The third-order valence-electron chi connectivity index (χ3n) is 12.6. The molecule has 13 heteroatoms. The maximum atomic E-state index is 14.4. The molecule has 3 rings (SSSR count). The molecule has 340 valence electrons. The number of likely N-dealkylation sites (N-methyl/N-ethyl adjacent to an activating group) is 2. The van der Waals surface area contributed by atoms with Crippen molar-refractivity contribution in [2.45, 2.75) is 137 Å². The Hall–Kier alpha value is -4.20. The standard InChI is InChI=1S/C48H76N6O7/c1-14-33(7)44(53(11)48(59)42(30(2)3)51-47(58)43(31(4)5)52(9)10)40(60-12)28-41(56)54-25-17-19-38(54)45(61-13)34(8)39(55)27-36(26-37-18-15-16-24-49-37)46(57)50-29-35-22-20-32(6)21-23-35/h15-16,18,20-24,30-31,33-34,36,38,40,42-45H,14,17,19,25-29H2,1-13H3,(H,50,57)(H,51,58)/t33-,34-,36-,38-,40+,42-,43-,44-,45+/m0/s1. The minimum Gasteiger partial charge on any atom is -0.379 e. The second-order valence-electron chi connectivity index (χ2n) is 18.1. The minimum absolute atomic E-state index is 0.00814. The molecule has 1 aliphatic heterocycles. The van der Waals surface area contributed by atoms with E-state index in [0.29, 0.717) is 25.9 Å². The van der Waals surface area contributed by atoms with Crippen LogP contribution in [0.1, 0.15) is 97.4 Å². The lowest BCUT2D eigenvalue weighted by molar-refractivity contribution is -0.148. The number of likely N-dealkylation sites (tertiary alicyclic amines) is 1. The highest BCUT2D eigenvalue weighted by Gasteiger charge is 2.43. The lowest BCUT2D eigenvalue weighted by atomic mass is 9.85. The molecule has 0 unspecified atom stereocenters. The highest BCUT2D eigenvalue weighted by atomic mass is 16.5. The summed E-state index contributed by atoms with van der Waals surface area (Å²) >= 11 is 0. The van der Waals surface area contributed by atoms with Crippen LogP contribution in [0.15, 0.2) is 48.7 Å².